The van der Waals surface area contributed by atoms with Crippen LogP contribution < -0.4 is 5.32 Å². The van der Waals surface area contributed by atoms with Crippen molar-refractivity contribution in [3.05, 3.63) is 16.2 Å². The number of hydrogen-bond donors (Lipinski definition) is 1. The number of nitrogens with one attached hydrogen (secondary N) is 1. The highest BCUT2D eigenvalue weighted by Gasteiger charge is 2.08. The Kier molecular flexibility index (Phi) is 3.98. The van der Waals surface area contributed by atoms with E-state index in [1.54, 1.807) is 22.7 Å². The van der Waals surface area contributed by atoms with Crippen LogP contribution in [0.3, 0.4) is 0 Å². The van der Waals surface area contributed by atoms with Gasteiger partial charge >= 0.3 is 0 Å². The molecule has 0 atom stereocenters. The minimum Gasteiger partial charge on any atom is -0.320 e. The lowest BCUT2D eigenvalue weighted by Gasteiger charge is -1.94. The molecule has 0 aliphatic rings. The summed E-state index contributed by atoms with van der Waals surface area (Å²) in [6.07, 6.45) is 3.97. The second-order valence-corrected chi connectivity index (χ2v) is 5.75. The first-order chi connectivity index (χ1) is 7.79. The van der Waals surface area contributed by atoms with E-state index in [1.165, 1.54) is 0 Å². The van der Waals surface area contributed by atoms with Gasteiger partial charge in [-0.05, 0) is 26.9 Å². The highest BCUT2D eigenvalue weighted by atomic mass is 32.1. The largest absolute Gasteiger partial charge is 0.320 e. The Hall–Kier alpha value is -0.850. The SMILES string of the molecule is CNCCCc1nnc(-c2cnc(C)s2)s1. The summed E-state index contributed by atoms with van der Waals surface area (Å²) in [7, 11) is 1.96. The van der Waals surface area contributed by atoms with Crippen LogP contribution in [-0.2, 0) is 6.42 Å². The van der Waals surface area contributed by atoms with E-state index in [-0.39, 0.29) is 0 Å². The van der Waals surface area contributed by atoms with Crippen molar-refractivity contribution in [1.29, 1.82) is 0 Å². The molecule has 0 aromatic carbocycles. The Balaban J connectivity index is 2.02. The van der Waals surface area contributed by atoms with Crippen LogP contribution in [0.4, 0.5) is 0 Å². The quantitative estimate of drug-likeness (QED) is 0.830. The molecule has 0 aliphatic carbocycles. The molecule has 4 nitrogen and oxygen atoms in total. The number of rotatable bonds is 5. The zero-order valence-electron chi connectivity index (χ0n) is 9.36. The third-order valence-electron chi connectivity index (χ3n) is 2.12. The van der Waals surface area contributed by atoms with E-state index in [1.807, 2.05) is 20.2 Å². The Morgan fingerprint density at radius 1 is 1.31 bits per heavy atom. The predicted octanol–water partition coefficient (Wildman–Crippen LogP) is 2.12. The van der Waals surface area contributed by atoms with Crippen molar-refractivity contribution in [3.63, 3.8) is 0 Å². The predicted molar refractivity (Wildman–Crippen MR) is 68.0 cm³/mol. The first-order valence-corrected chi connectivity index (χ1v) is 6.82. The number of thiazole rings is 1. The number of aryl methyl sites for hydroxylation is 2. The lowest BCUT2D eigenvalue weighted by molar-refractivity contribution is 0.718. The summed E-state index contributed by atoms with van der Waals surface area (Å²) in [5.41, 5.74) is 0. The normalized spacial score (nSPS) is 10.9. The van der Waals surface area contributed by atoms with Crippen LogP contribution >= 0.6 is 22.7 Å². The molecule has 0 unspecified atom stereocenters. The molecule has 0 spiro atoms. The standard InChI is InChI=1S/C10H14N4S2/c1-7-12-6-8(15-7)10-14-13-9(16-10)4-3-5-11-2/h6,11H,3-5H2,1-2H3. The molecule has 0 saturated carbocycles. The molecule has 0 amide bonds. The number of aromatic nitrogens is 3. The van der Waals surface area contributed by atoms with E-state index >= 15 is 0 Å². The fourth-order valence-electron chi connectivity index (χ4n) is 1.33. The minimum absolute atomic E-state index is 0.991. The highest BCUT2D eigenvalue weighted by Crippen LogP contribution is 2.28. The van der Waals surface area contributed by atoms with Crippen molar-refractivity contribution >= 4 is 22.7 Å². The van der Waals surface area contributed by atoms with E-state index in [0.717, 1.165) is 39.3 Å². The Bertz CT molecular complexity index is 449. The summed E-state index contributed by atoms with van der Waals surface area (Å²) < 4.78 is 0. The van der Waals surface area contributed by atoms with Gasteiger partial charge in [-0.3, -0.25) is 0 Å². The average Bonchev–Trinajstić information content (AvgIpc) is 2.87. The zero-order chi connectivity index (χ0) is 11.4. The monoisotopic (exact) mass is 254 g/mol. The maximum atomic E-state index is 4.23. The maximum absolute atomic E-state index is 4.23. The summed E-state index contributed by atoms with van der Waals surface area (Å²) in [6, 6.07) is 0. The second kappa shape index (κ2) is 5.47. The molecule has 0 aliphatic heterocycles. The van der Waals surface area contributed by atoms with E-state index < -0.39 is 0 Å². The summed E-state index contributed by atoms with van der Waals surface area (Å²) in [6.45, 7) is 3.03. The Labute approximate surface area is 103 Å². The Morgan fingerprint density at radius 2 is 2.19 bits per heavy atom. The van der Waals surface area contributed by atoms with Gasteiger partial charge < -0.3 is 5.32 Å². The molecule has 2 rings (SSSR count). The molecule has 0 fully saturated rings. The van der Waals surface area contributed by atoms with Gasteiger partial charge in [0.15, 0.2) is 5.01 Å². The minimum atomic E-state index is 0.991. The van der Waals surface area contributed by atoms with Gasteiger partial charge in [-0.2, -0.15) is 0 Å². The van der Waals surface area contributed by atoms with Gasteiger partial charge in [0.2, 0.25) is 0 Å². The molecule has 2 heterocycles. The second-order valence-electron chi connectivity index (χ2n) is 3.45. The van der Waals surface area contributed by atoms with Gasteiger partial charge in [-0.15, -0.1) is 21.5 Å². The Morgan fingerprint density at radius 3 is 2.88 bits per heavy atom. The maximum Gasteiger partial charge on any atom is 0.159 e. The topological polar surface area (TPSA) is 50.7 Å². The lowest BCUT2D eigenvalue weighted by Crippen LogP contribution is -2.08. The van der Waals surface area contributed by atoms with Gasteiger partial charge in [0.1, 0.15) is 5.01 Å². The van der Waals surface area contributed by atoms with Crippen LogP contribution in [-0.4, -0.2) is 28.8 Å². The van der Waals surface area contributed by atoms with Crippen molar-refractivity contribution in [1.82, 2.24) is 20.5 Å². The fraction of sp³-hybridized carbons (Fsp3) is 0.500. The van der Waals surface area contributed by atoms with E-state index in [9.17, 15) is 0 Å². The summed E-state index contributed by atoms with van der Waals surface area (Å²) in [5, 5.41) is 14.7. The van der Waals surface area contributed by atoms with Crippen LogP contribution in [0.25, 0.3) is 9.88 Å². The van der Waals surface area contributed by atoms with Crippen molar-refractivity contribution in [2.45, 2.75) is 19.8 Å². The zero-order valence-corrected chi connectivity index (χ0v) is 11.0. The first-order valence-electron chi connectivity index (χ1n) is 5.19. The van der Waals surface area contributed by atoms with E-state index in [2.05, 4.69) is 20.5 Å². The molecule has 0 radical (unpaired) electrons. The smallest absolute Gasteiger partial charge is 0.159 e. The summed E-state index contributed by atoms with van der Waals surface area (Å²) in [5.74, 6) is 0. The summed E-state index contributed by atoms with van der Waals surface area (Å²) in [4.78, 5) is 5.35. The average molecular weight is 254 g/mol. The van der Waals surface area contributed by atoms with Gasteiger partial charge in [-0.1, -0.05) is 11.3 Å². The van der Waals surface area contributed by atoms with Crippen LogP contribution in [0.5, 0.6) is 0 Å². The highest BCUT2D eigenvalue weighted by molar-refractivity contribution is 7.21. The number of nitrogens with zero attached hydrogens (tertiary/aromatic N) is 3. The van der Waals surface area contributed by atoms with Gasteiger partial charge in [0, 0.05) is 12.6 Å². The molecule has 0 bridgehead atoms. The van der Waals surface area contributed by atoms with Crippen LogP contribution in [0.1, 0.15) is 16.4 Å². The number of hydrogen-bond acceptors (Lipinski definition) is 6. The van der Waals surface area contributed by atoms with Gasteiger partial charge in [-0.25, -0.2) is 4.98 Å². The molecule has 0 saturated heterocycles. The third-order valence-corrected chi connectivity index (χ3v) is 4.18. The lowest BCUT2D eigenvalue weighted by atomic mass is 10.3. The molecule has 16 heavy (non-hydrogen) atoms. The van der Waals surface area contributed by atoms with Crippen LogP contribution in [0.2, 0.25) is 0 Å². The van der Waals surface area contributed by atoms with Crippen LogP contribution in [0, 0.1) is 6.92 Å². The fourth-order valence-corrected chi connectivity index (χ4v) is 3.02. The molecular formula is C10H14N4S2. The first kappa shape index (κ1) is 11.6. The van der Waals surface area contributed by atoms with Crippen molar-refractivity contribution in [3.8, 4) is 9.88 Å². The summed E-state index contributed by atoms with van der Waals surface area (Å²) >= 11 is 3.34. The van der Waals surface area contributed by atoms with Crippen molar-refractivity contribution in [2.75, 3.05) is 13.6 Å². The van der Waals surface area contributed by atoms with Crippen molar-refractivity contribution < 1.29 is 0 Å². The molecular weight excluding hydrogens is 240 g/mol. The molecule has 6 heteroatoms. The molecule has 1 N–H and O–H groups in total. The van der Waals surface area contributed by atoms with Crippen LogP contribution in [0.15, 0.2) is 6.20 Å². The van der Waals surface area contributed by atoms with Gasteiger partial charge in [0.25, 0.3) is 0 Å². The van der Waals surface area contributed by atoms with Gasteiger partial charge in [0.05, 0.1) is 9.88 Å². The van der Waals surface area contributed by atoms with E-state index in [0.29, 0.717) is 0 Å². The molecule has 2 aromatic rings. The molecule has 86 valence electrons. The third kappa shape index (κ3) is 2.84. The van der Waals surface area contributed by atoms with Crippen molar-refractivity contribution in [2.24, 2.45) is 0 Å². The van der Waals surface area contributed by atoms with E-state index in [4.69, 9.17) is 0 Å². The molecule has 2 aromatic heterocycles.